The number of rotatable bonds is 4. The first-order valence-corrected chi connectivity index (χ1v) is 8.47. The third-order valence-corrected chi connectivity index (χ3v) is 4.02. The summed E-state index contributed by atoms with van der Waals surface area (Å²) in [6.07, 6.45) is 1.88. The lowest BCUT2D eigenvalue weighted by molar-refractivity contribution is 1.23. The summed E-state index contributed by atoms with van der Waals surface area (Å²) in [7, 11) is 0. The lowest BCUT2D eigenvalue weighted by Gasteiger charge is -1.99. The molecule has 3 nitrogen and oxygen atoms in total. The van der Waals surface area contributed by atoms with Crippen LogP contribution in [0.4, 0.5) is 17.1 Å². The van der Waals surface area contributed by atoms with Crippen LogP contribution in [0.15, 0.2) is 112 Å². The van der Waals surface area contributed by atoms with Crippen LogP contribution < -0.4 is 0 Å². The minimum Gasteiger partial charge on any atom is -0.256 e. The number of aliphatic imine (C=N–C) groups is 1. The van der Waals surface area contributed by atoms with Crippen molar-refractivity contribution in [1.82, 2.24) is 0 Å². The van der Waals surface area contributed by atoms with Gasteiger partial charge in [0.2, 0.25) is 0 Å². The van der Waals surface area contributed by atoms with E-state index in [9.17, 15) is 0 Å². The van der Waals surface area contributed by atoms with E-state index >= 15 is 0 Å². The van der Waals surface area contributed by atoms with Gasteiger partial charge in [-0.15, -0.1) is 0 Å². The van der Waals surface area contributed by atoms with Crippen molar-refractivity contribution in [3.8, 4) is 0 Å². The number of benzene rings is 4. The van der Waals surface area contributed by atoms with Crippen molar-refractivity contribution < 1.29 is 0 Å². The van der Waals surface area contributed by atoms with Crippen LogP contribution in [0.2, 0.25) is 0 Å². The van der Waals surface area contributed by atoms with E-state index in [0.717, 1.165) is 22.6 Å². The van der Waals surface area contributed by atoms with Crippen molar-refractivity contribution in [3.63, 3.8) is 0 Å². The molecule has 0 fully saturated rings. The first-order chi connectivity index (χ1) is 12.9. The Hall–Kier alpha value is -3.59. The van der Waals surface area contributed by atoms with Crippen LogP contribution in [-0.2, 0) is 0 Å². The normalized spacial score (nSPS) is 11.5. The zero-order valence-electron chi connectivity index (χ0n) is 14.2. The van der Waals surface area contributed by atoms with E-state index in [-0.39, 0.29) is 0 Å². The Morgan fingerprint density at radius 2 is 1.12 bits per heavy atom. The van der Waals surface area contributed by atoms with E-state index in [1.54, 1.807) is 0 Å². The van der Waals surface area contributed by atoms with E-state index < -0.39 is 0 Å². The number of nitrogens with zero attached hydrogens (tertiary/aromatic N) is 3. The average Bonchev–Trinajstić information content (AvgIpc) is 2.72. The zero-order valence-corrected chi connectivity index (χ0v) is 14.2. The standard InChI is InChI=1S/C23H17N3/c1-2-8-22(9-3-1)25-26-23-14-12-21(13-15-23)24-17-18-10-11-19-6-4-5-7-20(19)16-18/h1-17H. The summed E-state index contributed by atoms with van der Waals surface area (Å²) in [5, 5.41) is 10.9. The SMILES string of the molecule is C(=Nc1ccc(N=Nc2ccccc2)cc1)c1ccc2ccccc2c1. The molecular weight excluding hydrogens is 318 g/mol. The fraction of sp³-hybridized carbons (Fsp3) is 0. The van der Waals surface area contributed by atoms with Gasteiger partial charge in [-0.3, -0.25) is 4.99 Å². The molecule has 0 aliphatic carbocycles. The summed E-state index contributed by atoms with van der Waals surface area (Å²) in [5.41, 5.74) is 3.61. The molecule has 0 aliphatic heterocycles. The van der Waals surface area contributed by atoms with Gasteiger partial charge in [0.25, 0.3) is 0 Å². The molecular formula is C23H17N3. The highest BCUT2D eigenvalue weighted by Gasteiger charge is 1.95. The summed E-state index contributed by atoms with van der Waals surface area (Å²) in [6, 6.07) is 32.1. The first kappa shape index (κ1) is 15.9. The van der Waals surface area contributed by atoms with Crippen LogP contribution in [0.5, 0.6) is 0 Å². The molecule has 0 amide bonds. The van der Waals surface area contributed by atoms with E-state index in [0.29, 0.717) is 0 Å². The summed E-state index contributed by atoms with van der Waals surface area (Å²) in [6.45, 7) is 0. The molecule has 0 unspecified atom stereocenters. The zero-order chi connectivity index (χ0) is 17.6. The maximum Gasteiger partial charge on any atom is 0.0858 e. The van der Waals surface area contributed by atoms with Crippen molar-refractivity contribution in [1.29, 1.82) is 0 Å². The fourth-order valence-electron chi connectivity index (χ4n) is 2.65. The van der Waals surface area contributed by atoms with Gasteiger partial charge in [0.1, 0.15) is 0 Å². The van der Waals surface area contributed by atoms with Crippen molar-refractivity contribution in [2.45, 2.75) is 0 Å². The molecule has 0 aliphatic rings. The number of hydrogen-bond donors (Lipinski definition) is 0. The first-order valence-electron chi connectivity index (χ1n) is 8.47. The number of hydrogen-bond acceptors (Lipinski definition) is 3. The minimum atomic E-state index is 0.804. The van der Waals surface area contributed by atoms with Gasteiger partial charge in [0.05, 0.1) is 17.1 Å². The van der Waals surface area contributed by atoms with Crippen molar-refractivity contribution in [2.75, 3.05) is 0 Å². The molecule has 0 radical (unpaired) electrons. The van der Waals surface area contributed by atoms with Crippen LogP contribution in [0, 0.1) is 0 Å². The Bertz CT molecular complexity index is 1070. The second kappa shape index (κ2) is 7.53. The summed E-state index contributed by atoms with van der Waals surface area (Å²) >= 11 is 0. The fourth-order valence-corrected chi connectivity index (χ4v) is 2.65. The Kier molecular flexibility index (Phi) is 4.61. The molecule has 0 atom stereocenters. The topological polar surface area (TPSA) is 37.1 Å². The van der Waals surface area contributed by atoms with Crippen molar-refractivity contribution in [3.05, 3.63) is 103 Å². The van der Waals surface area contributed by atoms with Gasteiger partial charge >= 0.3 is 0 Å². The second-order valence-corrected chi connectivity index (χ2v) is 5.92. The van der Waals surface area contributed by atoms with E-state index in [1.807, 2.05) is 72.9 Å². The Labute approximate surface area is 152 Å². The average molecular weight is 335 g/mol. The maximum absolute atomic E-state index is 4.55. The Balaban J connectivity index is 1.48. The monoisotopic (exact) mass is 335 g/mol. The van der Waals surface area contributed by atoms with Gasteiger partial charge < -0.3 is 0 Å². The molecule has 4 aromatic rings. The molecule has 0 saturated heterocycles. The van der Waals surface area contributed by atoms with E-state index in [2.05, 4.69) is 45.6 Å². The Morgan fingerprint density at radius 1 is 0.500 bits per heavy atom. The quantitative estimate of drug-likeness (QED) is 0.284. The smallest absolute Gasteiger partial charge is 0.0858 e. The highest BCUT2D eigenvalue weighted by Crippen LogP contribution is 2.22. The third kappa shape index (κ3) is 3.90. The predicted molar refractivity (Wildman–Crippen MR) is 108 cm³/mol. The van der Waals surface area contributed by atoms with Crippen LogP contribution in [0.25, 0.3) is 10.8 Å². The van der Waals surface area contributed by atoms with Crippen molar-refractivity contribution >= 4 is 34.0 Å². The minimum absolute atomic E-state index is 0.804. The number of fused-ring (bicyclic) bond motifs is 1. The molecule has 4 rings (SSSR count). The summed E-state index contributed by atoms with van der Waals surface area (Å²) in [4.78, 5) is 4.55. The van der Waals surface area contributed by atoms with Crippen LogP contribution in [-0.4, -0.2) is 6.21 Å². The molecule has 26 heavy (non-hydrogen) atoms. The third-order valence-electron chi connectivity index (χ3n) is 4.02. The molecule has 0 spiro atoms. The van der Waals surface area contributed by atoms with E-state index in [1.165, 1.54) is 10.8 Å². The van der Waals surface area contributed by atoms with Gasteiger partial charge in [-0.25, -0.2) is 0 Å². The predicted octanol–water partition coefficient (Wildman–Crippen LogP) is 7.01. The highest BCUT2D eigenvalue weighted by molar-refractivity contribution is 5.91. The molecule has 0 N–H and O–H groups in total. The summed E-state index contributed by atoms with van der Waals surface area (Å²) < 4.78 is 0. The van der Waals surface area contributed by atoms with Crippen LogP contribution in [0.1, 0.15) is 5.56 Å². The molecule has 0 heterocycles. The summed E-state index contributed by atoms with van der Waals surface area (Å²) in [5.74, 6) is 0. The maximum atomic E-state index is 4.55. The van der Waals surface area contributed by atoms with Gasteiger partial charge in [-0.2, -0.15) is 10.2 Å². The number of azo groups is 1. The van der Waals surface area contributed by atoms with Crippen LogP contribution >= 0.6 is 0 Å². The molecule has 0 bridgehead atoms. The lowest BCUT2D eigenvalue weighted by atomic mass is 10.1. The Morgan fingerprint density at radius 3 is 1.88 bits per heavy atom. The van der Waals surface area contributed by atoms with Gasteiger partial charge in [0, 0.05) is 6.21 Å². The van der Waals surface area contributed by atoms with Gasteiger partial charge in [0.15, 0.2) is 0 Å². The molecule has 124 valence electrons. The van der Waals surface area contributed by atoms with Gasteiger partial charge in [-0.05, 0) is 58.8 Å². The molecule has 0 saturated carbocycles. The molecule has 3 heteroatoms. The van der Waals surface area contributed by atoms with E-state index in [4.69, 9.17) is 0 Å². The largest absolute Gasteiger partial charge is 0.256 e. The van der Waals surface area contributed by atoms with Crippen LogP contribution in [0.3, 0.4) is 0 Å². The van der Waals surface area contributed by atoms with Gasteiger partial charge in [-0.1, -0.05) is 54.6 Å². The highest BCUT2D eigenvalue weighted by atomic mass is 15.1. The molecule has 4 aromatic carbocycles. The lowest BCUT2D eigenvalue weighted by Crippen LogP contribution is -1.81. The van der Waals surface area contributed by atoms with Crippen molar-refractivity contribution in [2.24, 2.45) is 15.2 Å². The molecule has 0 aromatic heterocycles. The second-order valence-electron chi connectivity index (χ2n) is 5.92.